The van der Waals surface area contributed by atoms with E-state index in [0.29, 0.717) is 17.1 Å². The van der Waals surface area contributed by atoms with Gasteiger partial charge >= 0.3 is 10.2 Å². The summed E-state index contributed by atoms with van der Waals surface area (Å²) in [6.07, 6.45) is -1.31. The van der Waals surface area contributed by atoms with Crippen molar-refractivity contribution < 1.29 is 27.4 Å². The van der Waals surface area contributed by atoms with E-state index in [2.05, 4.69) is 0 Å². The number of nitrogens with zero attached hydrogens (tertiary/aromatic N) is 1. The second-order valence-electron chi connectivity index (χ2n) is 6.44. The molecule has 1 heterocycles. The molecular weight excluding hydrogens is 351 g/mol. The molecule has 0 aromatic carbocycles. The maximum absolute atomic E-state index is 15.1. The lowest BCUT2D eigenvalue weighted by atomic mass is 9.66. The first-order chi connectivity index (χ1) is 10.8. The summed E-state index contributed by atoms with van der Waals surface area (Å²) in [7, 11) is -2.58. The molecule has 2 aliphatic carbocycles. The van der Waals surface area contributed by atoms with E-state index in [1.165, 1.54) is 0 Å². The fraction of sp³-hybridized carbons (Fsp3) is 0.923. The molecule has 1 saturated heterocycles. The Kier molecular flexibility index (Phi) is 4.61. The number of ether oxygens (including phenoxy) is 1. The summed E-state index contributed by atoms with van der Waals surface area (Å²) in [5.74, 6) is -1.48. The predicted octanol–water partition coefficient (Wildman–Crippen LogP) is -0.217. The molecule has 3 fully saturated rings. The molecule has 3 aliphatic rings. The van der Waals surface area contributed by atoms with Crippen molar-refractivity contribution in [3.05, 3.63) is 0 Å². The smallest absolute Gasteiger partial charge is 0.304 e. The number of nitrogens with one attached hydrogen (secondary N) is 1. The maximum Gasteiger partial charge on any atom is 0.304 e. The van der Waals surface area contributed by atoms with Crippen LogP contribution in [0.15, 0.2) is 0 Å². The molecule has 2 saturated carbocycles. The number of halogens is 2. The minimum atomic E-state index is -4.14. The Morgan fingerprint density at radius 1 is 1.39 bits per heavy atom. The summed E-state index contributed by atoms with van der Waals surface area (Å²) in [6, 6.07) is -1.36. The van der Waals surface area contributed by atoms with E-state index in [4.69, 9.17) is 16.3 Å². The van der Waals surface area contributed by atoms with E-state index in [1.54, 1.807) is 11.8 Å². The molecule has 0 radical (unpaired) electrons. The van der Waals surface area contributed by atoms with Crippen molar-refractivity contribution in [3.8, 4) is 0 Å². The first kappa shape index (κ1) is 17.3. The van der Waals surface area contributed by atoms with Gasteiger partial charge in [0.25, 0.3) is 0 Å². The van der Waals surface area contributed by atoms with Crippen LogP contribution >= 0.6 is 11.6 Å². The van der Waals surface area contributed by atoms with E-state index in [-0.39, 0.29) is 12.0 Å². The number of aliphatic hydroxyl groups is 1. The maximum atomic E-state index is 15.1. The predicted molar refractivity (Wildman–Crippen MR) is 79.7 cm³/mol. The summed E-state index contributed by atoms with van der Waals surface area (Å²) < 4.78 is 46.9. The van der Waals surface area contributed by atoms with Crippen LogP contribution in [0.5, 0.6) is 0 Å². The topological polar surface area (TPSA) is 95.9 Å². The van der Waals surface area contributed by atoms with Gasteiger partial charge in [0.05, 0.1) is 30.2 Å². The molecule has 0 aromatic heterocycles. The molecule has 7 nitrogen and oxygen atoms in total. The van der Waals surface area contributed by atoms with Crippen molar-refractivity contribution in [2.45, 2.75) is 49.1 Å². The first-order valence-electron chi connectivity index (χ1n) is 7.57. The molecule has 0 aromatic rings. The largest absolute Gasteiger partial charge is 0.390 e. The third-order valence-electron chi connectivity index (χ3n) is 5.24. The summed E-state index contributed by atoms with van der Waals surface area (Å²) in [5, 5.41) is 9.64. The van der Waals surface area contributed by atoms with Gasteiger partial charge in [-0.25, -0.2) is 9.11 Å². The quantitative estimate of drug-likeness (QED) is 0.655. The van der Waals surface area contributed by atoms with Gasteiger partial charge in [-0.15, -0.1) is 11.6 Å². The number of carbonyl (C=O) groups is 1. The van der Waals surface area contributed by atoms with Crippen molar-refractivity contribution in [1.29, 1.82) is 0 Å². The van der Waals surface area contributed by atoms with Crippen LogP contribution in [-0.4, -0.2) is 67.2 Å². The SMILES string of the molecule is COC1CCC2C(Cl)C(O)C(N3CC(=O)NS3(=O)=O)C(F)C2C1. The zero-order chi connectivity index (χ0) is 16.9. The number of hydrogen-bond acceptors (Lipinski definition) is 5. The molecule has 3 rings (SSSR count). The molecule has 132 valence electrons. The number of carbonyl (C=O) groups excluding carboxylic acids is 1. The molecular formula is C13H20ClFN2O5S. The van der Waals surface area contributed by atoms with Gasteiger partial charge in [0.15, 0.2) is 0 Å². The molecule has 1 amide bonds. The van der Waals surface area contributed by atoms with Gasteiger partial charge in [0, 0.05) is 7.11 Å². The van der Waals surface area contributed by atoms with Gasteiger partial charge in [0.1, 0.15) is 6.17 Å². The van der Waals surface area contributed by atoms with E-state index in [1.807, 2.05) is 0 Å². The average Bonchev–Trinajstić information content (AvgIpc) is 2.77. The summed E-state index contributed by atoms with van der Waals surface area (Å²) in [6.45, 7) is -0.501. The van der Waals surface area contributed by atoms with Crippen LogP contribution in [0.2, 0.25) is 0 Å². The standard InChI is InChI=1S/C13H20ClFN2O5S/c1-22-6-2-3-7-8(4-6)11(15)12(13(19)10(7)14)17-5-9(18)16-23(17,20)21/h6-8,10-13,19H,2-5H2,1H3,(H,16,18). The van der Waals surface area contributed by atoms with Crippen LogP contribution in [0.3, 0.4) is 0 Å². The lowest BCUT2D eigenvalue weighted by molar-refractivity contribution is -0.120. The van der Waals surface area contributed by atoms with E-state index < -0.39 is 52.3 Å². The average molecular weight is 371 g/mol. The zero-order valence-corrected chi connectivity index (χ0v) is 14.1. The summed E-state index contributed by atoms with van der Waals surface area (Å²) in [4.78, 5) is 11.4. The van der Waals surface area contributed by atoms with E-state index in [0.717, 1.165) is 6.42 Å². The number of hydrogen-bond donors (Lipinski definition) is 2. The highest BCUT2D eigenvalue weighted by Gasteiger charge is 2.57. The molecule has 7 atom stereocenters. The fourth-order valence-corrected chi connectivity index (χ4v) is 5.88. The van der Waals surface area contributed by atoms with Crippen molar-refractivity contribution in [1.82, 2.24) is 9.03 Å². The van der Waals surface area contributed by atoms with Crippen LogP contribution in [0, 0.1) is 11.8 Å². The number of aliphatic hydroxyl groups excluding tert-OH is 1. The lowest BCUT2D eigenvalue weighted by Crippen LogP contribution is -2.63. The highest BCUT2D eigenvalue weighted by Crippen LogP contribution is 2.46. The summed E-state index contributed by atoms with van der Waals surface area (Å²) in [5.41, 5.74) is 0. The fourth-order valence-electron chi connectivity index (χ4n) is 4.10. The van der Waals surface area contributed by atoms with Gasteiger partial charge in [-0.2, -0.15) is 12.7 Å². The Morgan fingerprint density at radius 2 is 2.09 bits per heavy atom. The van der Waals surface area contributed by atoms with E-state index in [9.17, 15) is 18.3 Å². The second-order valence-corrected chi connectivity index (χ2v) is 8.57. The van der Waals surface area contributed by atoms with Crippen molar-refractivity contribution in [2.75, 3.05) is 13.7 Å². The van der Waals surface area contributed by atoms with E-state index >= 15 is 4.39 Å². The zero-order valence-electron chi connectivity index (χ0n) is 12.6. The minimum Gasteiger partial charge on any atom is -0.390 e. The third kappa shape index (κ3) is 2.86. The van der Waals surface area contributed by atoms with Gasteiger partial charge < -0.3 is 9.84 Å². The first-order valence-corrected chi connectivity index (χ1v) is 9.45. The van der Waals surface area contributed by atoms with Crippen LogP contribution in [0.25, 0.3) is 0 Å². The van der Waals surface area contributed by atoms with Crippen LogP contribution < -0.4 is 4.72 Å². The van der Waals surface area contributed by atoms with Gasteiger partial charge in [-0.1, -0.05) is 0 Å². The second kappa shape index (κ2) is 6.11. The summed E-state index contributed by atoms with van der Waals surface area (Å²) >= 11 is 6.32. The number of fused-ring (bicyclic) bond motifs is 1. The molecule has 2 N–H and O–H groups in total. The molecule has 7 unspecified atom stereocenters. The lowest BCUT2D eigenvalue weighted by Gasteiger charge is -2.49. The number of rotatable bonds is 2. The highest BCUT2D eigenvalue weighted by atomic mass is 35.5. The van der Waals surface area contributed by atoms with Crippen LogP contribution in [-0.2, 0) is 19.7 Å². The Hall–Kier alpha value is -0.480. The minimum absolute atomic E-state index is 0.107. The molecule has 10 heteroatoms. The Labute approximate surface area is 139 Å². The molecule has 1 aliphatic heterocycles. The molecule has 0 bridgehead atoms. The van der Waals surface area contributed by atoms with Gasteiger partial charge in [0.2, 0.25) is 5.91 Å². The number of methoxy groups -OCH3 is 1. The Bertz CT molecular complexity index is 591. The van der Waals surface area contributed by atoms with Crippen LogP contribution in [0.1, 0.15) is 19.3 Å². The molecule has 0 spiro atoms. The highest BCUT2D eigenvalue weighted by molar-refractivity contribution is 7.88. The third-order valence-corrected chi connectivity index (χ3v) is 7.30. The van der Waals surface area contributed by atoms with Crippen LogP contribution in [0.4, 0.5) is 4.39 Å². The number of alkyl halides is 2. The van der Waals surface area contributed by atoms with Gasteiger partial charge in [-0.05, 0) is 31.1 Å². The van der Waals surface area contributed by atoms with Crippen molar-refractivity contribution in [3.63, 3.8) is 0 Å². The van der Waals surface area contributed by atoms with Crippen molar-refractivity contribution >= 4 is 27.7 Å². The number of amides is 1. The Balaban J connectivity index is 1.90. The van der Waals surface area contributed by atoms with Crippen molar-refractivity contribution in [2.24, 2.45) is 11.8 Å². The molecule has 23 heavy (non-hydrogen) atoms. The Morgan fingerprint density at radius 3 is 2.65 bits per heavy atom. The monoisotopic (exact) mass is 370 g/mol. The normalized spacial score (nSPS) is 47.1. The van der Waals surface area contributed by atoms with Gasteiger partial charge in [-0.3, -0.25) is 4.79 Å².